The molecule has 32 heavy (non-hydrogen) atoms. The molecular weight excluding hydrogens is 426 g/mol. The van der Waals surface area contributed by atoms with Crippen molar-refractivity contribution in [3.8, 4) is 0 Å². The summed E-state index contributed by atoms with van der Waals surface area (Å²) in [6.07, 6.45) is 3.98. The molecule has 0 spiro atoms. The summed E-state index contributed by atoms with van der Waals surface area (Å²) in [6.45, 7) is 1.92. The lowest BCUT2D eigenvalue weighted by Crippen LogP contribution is -2.39. The standard InChI is InChI=1S/C22H29F4N5O/c1-2-16(30-19(32)7-13-9-22(25,26)10-13)15-8-18-29-17(12-31(18)28-11-15)20(27)14-3-5-21(23,24)6-4-14/h8,11-14,16,20H,2-7,9-10,27H2,1H3,(H,30,32)/t16-,20+/m1/s1. The largest absolute Gasteiger partial charge is 0.349 e. The van der Waals surface area contributed by atoms with Crippen molar-refractivity contribution in [3.05, 3.63) is 29.7 Å². The van der Waals surface area contributed by atoms with E-state index in [0.717, 1.165) is 5.56 Å². The number of carbonyl (C=O) groups excluding carboxylic acids is 1. The van der Waals surface area contributed by atoms with E-state index in [1.54, 1.807) is 16.9 Å². The Morgan fingerprint density at radius 3 is 2.56 bits per heavy atom. The Hall–Kier alpha value is -2.23. The number of nitrogens with zero attached hydrogens (tertiary/aromatic N) is 3. The van der Waals surface area contributed by atoms with Gasteiger partial charge in [0.1, 0.15) is 0 Å². The van der Waals surface area contributed by atoms with Crippen molar-refractivity contribution in [2.75, 3.05) is 0 Å². The highest BCUT2D eigenvalue weighted by molar-refractivity contribution is 5.77. The molecule has 3 N–H and O–H groups in total. The molecule has 176 valence electrons. The average molecular weight is 456 g/mol. The van der Waals surface area contributed by atoms with Crippen LogP contribution in [0, 0.1) is 11.8 Å². The number of amides is 1. The third-order valence-electron chi connectivity index (χ3n) is 6.77. The van der Waals surface area contributed by atoms with Crippen LogP contribution in [0.25, 0.3) is 5.65 Å². The predicted molar refractivity (Wildman–Crippen MR) is 110 cm³/mol. The highest BCUT2D eigenvalue weighted by Gasteiger charge is 2.45. The van der Waals surface area contributed by atoms with Crippen LogP contribution in [0.2, 0.25) is 0 Å². The smallest absolute Gasteiger partial charge is 0.248 e. The van der Waals surface area contributed by atoms with Crippen LogP contribution in [-0.2, 0) is 4.79 Å². The maximum Gasteiger partial charge on any atom is 0.248 e. The Morgan fingerprint density at radius 2 is 1.94 bits per heavy atom. The molecule has 2 atom stereocenters. The monoisotopic (exact) mass is 455 g/mol. The first-order valence-corrected chi connectivity index (χ1v) is 11.2. The molecule has 2 saturated carbocycles. The van der Waals surface area contributed by atoms with Crippen LogP contribution in [0.4, 0.5) is 17.6 Å². The lowest BCUT2D eigenvalue weighted by Gasteiger charge is -2.34. The van der Waals surface area contributed by atoms with E-state index in [1.165, 1.54) is 0 Å². The molecule has 0 radical (unpaired) electrons. The summed E-state index contributed by atoms with van der Waals surface area (Å²) in [6, 6.07) is 1.05. The molecule has 2 aromatic heterocycles. The summed E-state index contributed by atoms with van der Waals surface area (Å²) in [5.74, 6) is -5.83. The maximum atomic E-state index is 13.4. The molecule has 2 aliphatic rings. The van der Waals surface area contributed by atoms with E-state index < -0.39 is 17.9 Å². The molecule has 4 rings (SSSR count). The first kappa shape index (κ1) is 22.9. The van der Waals surface area contributed by atoms with Gasteiger partial charge in [-0.3, -0.25) is 4.79 Å². The molecule has 6 nitrogen and oxygen atoms in total. The van der Waals surface area contributed by atoms with Gasteiger partial charge in [0, 0.05) is 32.1 Å². The number of rotatable bonds is 7. The minimum Gasteiger partial charge on any atom is -0.349 e. The summed E-state index contributed by atoms with van der Waals surface area (Å²) < 4.78 is 54.5. The van der Waals surface area contributed by atoms with Crippen LogP contribution in [0.5, 0.6) is 0 Å². The summed E-state index contributed by atoms with van der Waals surface area (Å²) >= 11 is 0. The highest BCUT2D eigenvalue weighted by Crippen LogP contribution is 2.44. The van der Waals surface area contributed by atoms with E-state index >= 15 is 0 Å². The molecule has 2 aromatic rings. The van der Waals surface area contributed by atoms with Gasteiger partial charge in [0.15, 0.2) is 5.65 Å². The Kier molecular flexibility index (Phi) is 6.17. The Labute approximate surface area is 183 Å². The van der Waals surface area contributed by atoms with Crippen molar-refractivity contribution in [2.24, 2.45) is 17.6 Å². The second-order valence-corrected chi connectivity index (χ2v) is 9.34. The van der Waals surface area contributed by atoms with E-state index in [2.05, 4.69) is 15.4 Å². The molecule has 0 saturated heterocycles. The normalized spacial score (nSPS) is 22.9. The number of nitrogens with one attached hydrogen (secondary N) is 1. The first-order valence-electron chi connectivity index (χ1n) is 11.2. The van der Waals surface area contributed by atoms with Crippen molar-refractivity contribution in [2.45, 2.75) is 82.2 Å². The Balaban J connectivity index is 1.41. The maximum absolute atomic E-state index is 13.4. The van der Waals surface area contributed by atoms with Gasteiger partial charge in [-0.2, -0.15) is 5.10 Å². The van der Waals surface area contributed by atoms with Crippen LogP contribution >= 0.6 is 0 Å². The number of nitrogens with two attached hydrogens (primary N) is 1. The van der Waals surface area contributed by atoms with E-state index in [4.69, 9.17) is 5.73 Å². The van der Waals surface area contributed by atoms with E-state index in [9.17, 15) is 22.4 Å². The number of halogens is 4. The summed E-state index contributed by atoms with van der Waals surface area (Å²) in [4.78, 5) is 16.9. The minimum atomic E-state index is -2.64. The van der Waals surface area contributed by atoms with Gasteiger partial charge in [-0.05, 0) is 42.7 Å². The lowest BCUT2D eigenvalue weighted by atomic mass is 9.79. The van der Waals surface area contributed by atoms with Gasteiger partial charge in [0.2, 0.25) is 17.8 Å². The van der Waals surface area contributed by atoms with Crippen molar-refractivity contribution in [3.63, 3.8) is 0 Å². The van der Waals surface area contributed by atoms with E-state index in [1.807, 2.05) is 13.0 Å². The number of alkyl halides is 4. The number of hydrogen-bond donors (Lipinski definition) is 2. The zero-order valence-corrected chi connectivity index (χ0v) is 18.0. The van der Waals surface area contributed by atoms with Gasteiger partial charge in [0.05, 0.1) is 30.2 Å². The van der Waals surface area contributed by atoms with Crippen LogP contribution < -0.4 is 11.1 Å². The molecular formula is C22H29F4N5O. The third kappa shape index (κ3) is 5.05. The van der Waals surface area contributed by atoms with Crippen LogP contribution in [0.15, 0.2) is 18.5 Å². The van der Waals surface area contributed by atoms with Gasteiger partial charge in [-0.1, -0.05) is 6.92 Å². The van der Waals surface area contributed by atoms with Crippen LogP contribution in [0.1, 0.15) is 81.6 Å². The molecule has 1 amide bonds. The molecule has 10 heteroatoms. The third-order valence-corrected chi connectivity index (χ3v) is 6.77. The number of fused-ring (bicyclic) bond motifs is 1. The topological polar surface area (TPSA) is 85.3 Å². The predicted octanol–water partition coefficient (Wildman–Crippen LogP) is 4.56. The summed E-state index contributed by atoms with van der Waals surface area (Å²) in [5, 5.41) is 7.27. The molecule has 2 fully saturated rings. The van der Waals surface area contributed by atoms with Crippen molar-refractivity contribution >= 4 is 11.6 Å². The molecule has 2 heterocycles. The fraction of sp³-hybridized carbons (Fsp3) is 0.682. The minimum absolute atomic E-state index is 0.0550. The molecule has 2 aliphatic carbocycles. The summed E-state index contributed by atoms with van der Waals surface area (Å²) in [5.41, 5.74) is 8.26. The fourth-order valence-electron chi connectivity index (χ4n) is 4.79. The van der Waals surface area contributed by atoms with Crippen LogP contribution in [-0.4, -0.2) is 32.4 Å². The molecule has 0 unspecified atom stereocenters. The Bertz CT molecular complexity index is 960. The first-order chi connectivity index (χ1) is 15.0. The zero-order valence-electron chi connectivity index (χ0n) is 18.0. The second-order valence-electron chi connectivity index (χ2n) is 9.34. The van der Waals surface area contributed by atoms with Crippen molar-refractivity contribution < 1.29 is 22.4 Å². The average Bonchev–Trinajstić information content (AvgIpc) is 3.13. The van der Waals surface area contributed by atoms with Crippen LogP contribution in [0.3, 0.4) is 0 Å². The molecule has 0 aromatic carbocycles. The van der Waals surface area contributed by atoms with Gasteiger partial charge in [0.25, 0.3) is 0 Å². The zero-order chi connectivity index (χ0) is 23.1. The fourth-order valence-corrected chi connectivity index (χ4v) is 4.79. The lowest BCUT2D eigenvalue weighted by molar-refractivity contribution is -0.134. The quantitative estimate of drug-likeness (QED) is 0.600. The SMILES string of the molecule is CC[C@@H](NC(=O)CC1CC(F)(F)C1)c1cnn2cc([C@@H](N)C3CCC(F)(F)CC3)nc2c1. The number of carbonyl (C=O) groups is 1. The number of imidazole rings is 1. The second kappa shape index (κ2) is 8.61. The van der Waals surface area contributed by atoms with E-state index in [0.29, 0.717) is 30.6 Å². The molecule has 0 aliphatic heterocycles. The van der Waals surface area contributed by atoms with Gasteiger partial charge in [-0.15, -0.1) is 0 Å². The van der Waals surface area contributed by atoms with E-state index in [-0.39, 0.29) is 55.9 Å². The molecule has 0 bridgehead atoms. The number of hydrogen-bond acceptors (Lipinski definition) is 4. The van der Waals surface area contributed by atoms with Gasteiger partial charge >= 0.3 is 0 Å². The highest BCUT2D eigenvalue weighted by atomic mass is 19.3. The van der Waals surface area contributed by atoms with Crippen molar-refractivity contribution in [1.82, 2.24) is 19.9 Å². The Morgan fingerprint density at radius 1 is 1.25 bits per heavy atom. The van der Waals surface area contributed by atoms with Crippen molar-refractivity contribution in [1.29, 1.82) is 0 Å². The summed E-state index contributed by atoms with van der Waals surface area (Å²) in [7, 11) is 0. The number of aromatic nitrogens is 3. The van der Waals surface area contributed by atoms with Gasteiger partial charge in [-0.25, -0.2) is 27.1 Å². The van der Waals surface area contributed by atoms with Gasteiger partial charge < -0.3 is 11.1 Å².